The standard InChI is InChI=1S/C19H21N5O/c1-11-9-14-7-5-6-8-17(14)24(11)19(25)16-10-15(20-21-16)18-12(2)22-23(4)13(18)3/h5-8,10-11H,9H2,1-4H3,(H,20,21). The van der Waals surface area contributed by atoms with E-state index in [0.717, 1.165) is 34.8 Å². The minimum absolute atomic E-state index is 0.0459. The summed E-state index contributed by atoms with van der Waals surface area (Å²) >= 11 is 0. The normalized spacial score (nSPS) is 16.3. The molecule has 1 unspecified atom stereocenters. The van der Waals surface area contributed by atoms with E-state index in [0.29, 0.717) is 5.69 Å². The first-order valence-corrected chi connectivity index (χ1v) is 8.45. The second kappa shape index (κ2) is 5.58. The Morgan fingerprint density at radius 2 is 2.04 bits per heavy atom. The van der Waals surface area contributed by atoms with Crippen LogP contribution in [0.2, 0.25) is 0 Å². The van der Waals surface area contributed by atoms with Crippen LogP contribution in [0.3, 0.4) is 0 Å². The predicted molar refractivity (Wildman–Crippen MR) is 96.7 cm³/mol. The van der Waals surface area contributed by atoms with Gasteiger partial charge < -0.3 is 4.90 Å². The summed E-state index contributed by atoms with van der Waals surface area (Å²) in [5, 5.41) is 11.7. The SMILES string of the molecule is Cc1nn(C)c(C)c1-c1cc(C(=O)N2c3ccccc3CC2C)[nH]n1. The fourth-order valence-corrected chi connectivity index (χ4v) is 3.71. The third-order valence-electron chi connectivity index (χ3n) is 5.00. The Bertz CT molecular complexity index is 968. The Hall–Kier alpha value is -2.89. The summed E-state index contributed by atoms with van der Waals surface area (Å²) in [7, 11) is 1.91. The van der Waals surface area contributed by atoms with Gasteiger partial charge in [0.2, 0.25) is 0 Å². The summed E-state index contributed by atoms with van der Waals surface area (Å²) in [6.45, 7) is 6.03. The number of H-pyrrole nitrogens is 1. The third-order valence-corrected chi connectivity index (χ3v) is 5.00. The van der Waals surface area contributed by atoms with E-state index in [2.05, 4.69) is 28.3 Å². The minimum Gasteiger partial charge on any atom is -0.304 e. The van der Waals surface area contributed by atoms with Gasteiger partial charge in [-0.15, -0.1) is 0 Å². The number of para-hydroxylation sites is 1. The number of amides is 1. The maximum absolute atomic E-state index is 13.1. The van der Waals surface area contributed by atoms with Crippen LogP contribution in [0.15, 0.2) is 30.3 Å². The fourth-order valence-electron chi connectivity index (χ4n) is 3.71. The summed E-state index contributed by atoms with van der Waals surface area (Å²) in [4.78, 5) is 14.9. The molecule has 0 saturated carbocycles. The Labute approximate surface area is 146 Å². The number of anilines is 1. The molecule has 1 amide bonds. The number of benzene rings is 1. The topological polar surface area (TPSA) is 66.8 Å². The van der Waals surface area contributed by atoms with E-state index in [-0.39, 0.29) is 11.9 Å². The monoisotopic (exact) mass is 335 g/mol. The molecule has 1 aromatic carbocycles. The molecule has 0 fully saturated rings. The molecule has 1 N–H and O–H groups in total. The van der Waals surface area contributed by atoms with Crippen molar-refractivity contribution in [3.8, 4) is 11.3 Å². The van der Waals surface area contributed by atoms with Gasteiger partial charge in [-0.05, 0) is 44.9 Å². The van der Waals surface area contributed by atoms with Crippen molar-refractivity contribution in [2.75, 3.05) is 4.90 Å². The first-order chi connectivity index (χ1) is 12.0. The molecule has 4 rings (SSSR count). The van der Waals surface area contributed by atoms with E-state index in [4.69, 9.17) is 0 Å². The van der Waals surface area contributed by atoms with Crippen LogP contribution in [-0.4, -0.2) is 31.9 Å². The molecule has 0 saturated heterocycles. The predicted octanol–water partition coefficient (Wildman–Crippen LogP) is 3.02. The molecule has 2 aromatic heterocycles. The summed E-state index contributed by atoms with van der Waals surface area (Å²) < 4.78 is 1.83. The number of rotatable bonds is 2. The van der Waals surface area contributed by atoms with Crippen LogP contribution in [-0.2, 0) is 13.5 Å². The molecule has 0 aliphatic carbocycles. The first-order valence-electron chi connectivity index (χ1n) is 8.45. The zero-order valence-corrected chi connectivity index (χ0v) is 14.9. The lowest BCUT2D eigenvalue weighted by Gasteiger charge is -2.21. The number of carbonyl (C=O) groups is 1. The van der Waals surface area contributed by atoms with Crippen molar-refractivity contribution >= 4 is 11.6 Å². The number of hydrogen-bond donors (Lipinski definition) is 1. The van der Waals surface area contributed by atoms with Gasteiger partial charge in [-0.1, -0.05) is 18.2 Å². The number of aryl methyl sites for hydroxylation is 2. The smallest absolute Gasteiger partial charge is 0.276 e. The Kier molecular flexibility index (Phi) is 3.49. The molecular formula is C19H21N5O. The largest absolute Gasteiger partial charge is 0.304 e. The average Bonchev–Trinajstić information content (AvgIpc) is 3.23. The Morgan fingerprint density at radius 1 is 1.28 bits per heavy atom. The summed E-state index contributed by atoms with van der Waals surface area (Å²) in [6.07, 6.45) is 0.879. The molecule has 1 aliphatic heterocycles. The second-order valence-corrected chi connectivity index (χ2v) is 6.69. The molecule has 3 heterocycles. The van der Waals surface area contributed by atoms with Gasteiger partial charge in [0, 0.05) is 30.0 Å². The average molecular weight is 335 g/mol. The molecule has 0 spiro atoms. The zero-order valence-electron chi connectivity index (χ0n) is 14.9. The molecular weight excluding hydrogens is 314 g/mol. The maximum Gasteiger partial charge on any atom is 0.276 e. The van der Waals surface area contributed by atoms with E-state index in [1.165, 1.54) is 5.56 Å². The third kappa shape index (κ3) is 2.36. The molecule has 25 heavy (non-hydrogen) atoms. The maximum atomic E-state index is 13.1. The summed E-state index contributed by atoms with van der Waals surface area (Å²) in [5.74, 6) is -0.0459. The molecule has 0 bridgehead atoms. The number of aromatic nitrogens is 4. The van der Waals surface area contributed by atoms with E-state index in [1.54, 1.807) is 0 Å². The highest BCUT2D eigenvalue weighted by molar-refractivity contribution is 6.07. The number of aromatic amines is 1. The lowest BCUT2D eigenvalue weighted by atomic mass is 10.1. The van der Waals surface area contributed by atoms with Gasteiger partial charge in [0.1, 0.15) is 5.69 Å². The minimum atomic E-state index is -0.0459. The fraction of sp³-hybridized carbons (Fsp3) is 0.316. The highest BCUT2D eigenvalue weighted by Gasteiger charge is 2.32. The summed E-state index contributed by atoms with van der Waals surface area (Å²) in [6, 6.07) is 10.0. The van der Waals surface area contributed by atoms with Gasteiger partial charge in [-0.25, -0.2) is 0 Å². The number of hydrogen-bond acceptors (Lipinski definition) is 3. The molecule has 0 radical (unpaired) electrons. The van der Waals surface area contributed by atoms with Gasteiger partial charge in [-0.2, -0.15) is 10.2 Å². The van der Waals surface area contributed by atoms with Crippen molar-refractivity contribution in [1.29, 1.82) is 0 Å². The van der Waals surface area contributed by atoms with Crippen molar-refractivity contribution in [2.45, 2.75) is 33.2 Å². The van der Waals surface area contributed by atoms with Crippen molar-refractivity contribution < 1.29 is 4.79 Å². The van der Waals surface area contributed by atoms with Crippen LogP contribution in [0.25, 0.3) is 11.3 Å². The lowest BCUT2D eigenvalue weighted by molar-refractivity contribution is 0.0976. The van der Waals surface area contributed by atoms with Crippen molar-refractivity contribution in [1.82, 2.24) is 20.0 Å². The van der Waals surface area contributed by atoms with Gasteiger partial charge in [-0.3, -0.25) is 14.6 Å². The number of carbonyl (C=O) groups excluding carboxylic acids is 1. The second-order valence-electron chi connectivity index (χ2n) is 6.69. The highest BCUT2D eigenvalue weighted by Crippen LogP contribution is 2.33. The molecule has 1 atom stereocenters. The van der Waals surface area contributed by atoms with Gasteiger partial charge in [0.05, 0.1) is 11.4 Å². The first kappa shape index (κ1) is 15.6. The number of nitrogens with one attached hydrogen (secondary N) is 1. The van der Waals surface area contributed by atoms with Crippen LogP contribution >= 0.6 is 0 Å². The zero-order chi connectivity index (χ0) is 17.7. The van der Waals surface area contributed by atoms with Crippen molar-refractivity contribution in [3.05, 3.63) is 53.0 Å². The Morgan fingerprint density at radius 3 is 2.76 bits per heavy atom. The molecule has 6 nitrogen and oxygen atoms in total. The van der Waals surface area contributed by atoms with Gasteiger partial charge >= 0.3 is 0 Å². The van der Waals surface area contributed by atoms with Crippen LogP contribution in [0.4, 0.5) is 5.69 Å². The number of nitrogens with zero attached hydrogens (tertiary/aromatic N) is 4. The van der Waals surface area contributed by atoms with Crippen molar-refractivity contribution in [2.24, 2.45) is 7.05 Å². The van der Waals surface area contributed by atoms with E-state index in [1.807, 2.05) is 54.7 Å². The number of fused-ring (bicyclic) bond motifs is 1. The highest BCUT2D eigenvalue weighted by atomic mass is 16.2. The molecule has 6 heteroatoms. The molecule has 3 aromatic rings. The molecule has 128 valence electrons. The molecule has 1 aliphatic rings. The Balaban J connectivity index is 1.70. The van der Waals surface area contributed by atoms with Crippen LogP contribution < -0.4 is 4.90 Å². The van der Waals surface area contributed by atoms with E-state index in [9.17, 15) is 4.79 Å². The lowest BCUT2D eigenvalue weighted by Crippen LogP contribution is -2.35. The van der Waals surface area contributed by atoms with Gasteiger partial charge in [0.25, 0.3) is 5.91 Å². The van der Waals surface area contributed by atoms with Crippen LogP contribution in [0, 0.1) is 13.8 Å². The summed E-state index contributed by atoms with van der Waals surface area (Å²) in [5.41, 5.74) is 6.38. The van der Waals surface area contributed by atoms with E-state index >= 15 is 0 Å². The van der Waals surface area contributed by atoms with E-state index < -0.39 is 0 Å². The quantitative estimate of drug-likeness (QED) is 0.783. The van der Waals surface area contributed by atoms with Crippen LogP contribution in [0.5, 0.6) is 0 Å². The van der Waals surface area contributed by atoms with Crippen molar-refractivity contribution in [3.63, 3.8) is 0 Å². The van der Waals surface area contributed by atoms with Gasteiger partial charge in [0.15, 0.2) is 0 Å². The van der Waals surface area contributed by atoms with Crippen LogP contribution in [0.1, 0.15) is 34.4 Å².